The highest BCUT2D eigenvalue weighted by Gasteiger charge is 2.11. The molecule has 0 atom stereocenters. The Morgan fingerprint density at radius 1 is 1.15 bits per heavy atom. The van der Waals surface area contributed by atoms with Crippen LogP contribution in [0.5, 0.6) is 11.6 Å². The zero-order valence-corrected chi connectivity index (χ0v) is 15.3. The average molecular weight is 392 g/mol. The predicted molar refractivity (Wildman–Crippen MR) is 99.9 cm³/mol. The normalized spacial score (nSPS) is 10.6. The van der Waals surface area contributed by atoms with Crippen LogP contribution in [-0.4, -0.2) is 29.6 Å². The smallest absolute Gasteiger partial charge is 0.258 e. The number of nitrogens with zero attached hydrogens (tertiary/aromatic N) is 2. The number of halogens is 2. The van der Waals surface area contributed by atoms with Crippen molar-refractivity contribution in [1.82, 2.24) is 15.3 Å². The molecule has 0 fully saturated rings. The number of benzene rings is 2. The third-order valence-corrected chi connectivity index (χ3v) is 4.12. The number of carbonyl (C=O) groups excluding carboxylic acids is 1. The summed E-state index contributed by atoms with van der Waals surface area (Å²) in [6.45, 7) is 0.195. The Balaban J connectivity index is 1.61. The van der Waals surface area contributed by atoms with Crippen LogP contribution in [0.2, 0.25) is 10.0 Å². The minimum atomic E-state index is -0.277. The fourth-order valence-electron chi connectivity index (χ4n) is 2.31. The fraction of sp³-hybridized carbons (Fsp3) is 0.167. The van der Waals surface area contributed by atoms with E-state index in [4.69, 9.17) is 32.7 Å². The molecule has 3 aromatic rings. The molecule has 0 radical (unpaired) electrons. The maximum absolute atomic E-state index is 12.0. The van der Waals surface area contributed by atoms with E-state index in [1.54, 1.807) is 19.2 Å². The van der Waals surface area contributed by atoms with Crippen molar-refractivity contribution in [3.05, 3.63) is 58.3 Å². The van der Waals surface area contributed by atoms with Gasteiger partial charge in [0.2, 0.25) is 5.88 Å². The molecule has 134 valence electrons. The number of hydrogen-bond acceptors (Lipinski definition) is 5. The van der Waals surface area contributed by atoms with Gasteiger partial charge in [-0.15, -0.1) is 0 Å². The minimum absolute atomic E-state index is 0.188. The lowest BCUT2D eigenvalue weighted by molar-refractivity contribution is -0.123. The second-order valence-electron chi connectivity index (χ2n) is 5.38. The third kappa shape index (κ3) is 4.33. The Morgan fingerprint density at radius 2 is 1.92 bits per heavy atom. The van der Waals surface area contributed by atoms with Gasteiger partial charge in [0.25, 0.3) is 5.91 Å². The molecule has 0 spiro atoms. The van der Waals surface area contributed by atoms with E-state index in [-0.39, 0.29) is 18.4 Å². The van der Waals surface area contributed by atoms with E-state index in [9.17, 15) is 4.79 Å². The lowest BCUT2D eigenvalue weighted by atomic mass is 10.2. The summed E-state index contributed by atoms with van der Waals surface area (Å²) in [6, 6.07) is 10.7. The number of fused-ring (bicyclic) bond motifs is 1. The molecule has 0 saturated heterocycles. The number of amides is 1. The first kappa shape index (κ1) is 18.2. The number of aromatic nitrogens is 2. The van der Waals surface area contributed by atoms with E-state index in [1.165, 1.54) is 6.33 Å². The molecule has 26 heavy (non-hydrogen) atoms. The molecule has 2 aromatic carbocycles. The lowest BCUT2D eigenvalue weighted by Crippen LogP contribution is -2.28. The molecule has 0 aliphatic carbocycles. The molecule has 1 N–H and O–H groups in total. The van der Waals surface area contributed by atoms with Crippen molar-refractivity contribution in [2.24, 2.45) is 0 Å². The molecule has 8 heteroatoms. The van der Waals surface area contributed by atoms with Crippen molar-refractivity contribution < 1.29 is 14.3 Å². The van der Waals surface area contributed by atoms with Crippen LogP contribution in [0.4, 0.5) is 0 Å². The molecule has 3 rings (SSSR count). The summed E-state index contributed by atoms with van der Waals surface area (Å²) in [5, 5.41) is 4.15. The first-order chi connectivity index (χ1) is 12.6. The first-order valence-corrected chi connectivity index (χ1v) is 8.44. The minimum Gasteiger partial charge on any atom is -0.497 e. The first-order valence-electron chi connectivity index (χ1n) is 7.69. The predicted octanol–water partition coefficient (Wildman–Crippen LogP) is 3.64. The molecule has 0 bridgehead atoms. The Bertz CT molecular complexity index is 933. The van der Waals surface area contributed by atoms with Crippen LogP contribution < -0.4 is 14.8 Å². The van der Waals surface area contributed by atoms with Crippen LogP contribution >= 0.6 is 23.2 Å². The highest BCUT2D eigenvalue weighted by molar-refractivity contribution is 6.38. The number of nitrogens with one attached hydrogen (secondary N) is 1. The molecular formula is C18H15Cl2N3O3. The number of carbonyl (C=O) groups is 1. The Morgan fingerprint density at radius 3 is 2.65 bits per heavy atom. The van der Waals surface area contributed by atoms with Gasteiger partial charge in [-0.3, -0.25) is 4.79 Å². The highest BCUT2D eigenvalue weighted by atomic mass is 35.5. The van der Waals surface area contributed by atoms with Crippen LogP contribution in [-0.2, 0) is 11.3 Å². The second kappa shape index (κ2) is 8.21. The molecule has 1 aromatic heterocycles. The molecule has 0 unspecified atom stereocenters. The van der Waals surface area contributed by atoms with Gasteiger partial charge >= 0.3 is 0 Å². The van der Waals surface area contributed by atoms with Gasteiger partial charge in [0.05, 0.1) is 23.0 Å². The van der Waals surface area contributed by atoms with Crippen molar-refractivity contribution in [3.8, 4) is 11.6 Å². The fourth-order valence-corrected chi connectivity index (χ4v) is 2.86. The van der Waals surface area contributed by atoms with Gasteiger partial charge in [0.1, 0.15) is 12.1 Å². The van der Waals surface area contributed by atoms with E-state index < -0.39 is 0 Å². The summed E-state index contributed by atoms with van der Waals surface area (Å²) in [6.07, 6.45) is 1.33. The molecule has 6 nitrogen and oxygen atoms in total. The average Bonchev–Trinajstić information content (AvgIpc) is 2.65. The second-order valence-corrected chi connectivity index (χ2v) is 6.22. The quantitative estimate of drug-likeness (QED) is 0.694. The molecule has 1 amide bonds. The molecular weight excluding hydrogens is 377 g/mol. The number of methoxy groups -OCH3 is 1. The Kier molecular flexibility index (Phi) is 5.75. The van der Waals surface area contributed by atoms with E-state index in [0.29, 0.717) is 27.5 Å². The molecule has 0 aliphatic heterocycles. The lowest BCUT2D eigenvalue weighted by Gasteiger charge is -2.10. The summed E-state index contributed by atoms with van der Waals surface area (Å²) in [7, 11) is 1.60. The van der Waals surface area contributed by atoms with E-state index in [0.717, 1.165) is 11.3 Å². The maximum Gasteiger partial charge on any atom is 0.258 e. The van der Waals surface area contributed by atoms with Gasteiger partial charge in [-0.1, -0.05) is 35.3 Å². The van der Waals surface area contributed by atoms with E-state index in [1.807, 2.05) is 24.3 Å². The summed E-state index contributed by atoms with van der Waals surface area (Å²) < 4.78 is 10.6. The highest BCUT2D eigenvalue weighted by Crippen LogP contribution is 2.30. The number of rotatable bonds is 6. The van der Waals surface area contributed by atoms with Gasteiger partial charge in [0.15, 0.2) is 6.61 Å². The zero-order valence-electron chi connectivity index (χ0n) is 13.8. The van der Waals surface area contributed by atoms with Crippen molar-refractivity contribution in [3.63, 3.8) is 0 Å². The Labute approximate surface area is 160 Å². The van der Waals surface area contributed by atoms with Crippen LogP contribution in [0.25, 0.3) is 10.9 Å². The molecule has 0 aliphatic rings. The van der Waals surface area contributed by atoms with Crippen molar-refractivity contribution in [2.45, 2.75) is 6.54 Å². The van der Waals surface area contributed by atoms with Crippen molar-refractivity contribution in [1.29, 1.82) is 0 Å². The number of hydrogen-bond donors (Lipinski definition) is 1. The van der Waals surface area contributed by atoms with Gasteiger partial charge in [0, 0.05) is 11.6 Å². The standard InChI is InChI=1S/C18H15Cl2N3O3/c1-25-13-4-2-11(3-5-13)8-21-16(24)9-26-18-14-6-12(19)7-15(20)17(14)22-10-23-18/h2-7,10H,8-9H2,1H3,(H,21,24). The van der Waals surface area contributed by atoms with Crippen molar-refractivity contribution >= 4 is 40.0 Å². The van der Waals surface area contributed by atoms with Crippen LogP contribution in [0.15, 0.2) is 42.7 Å². The van der Waals surface area contributed by atoms with E-state index in [2.05, 4.69) is 15.3 Å². The third-order valence-electron chi connectivity index (χ3n) is 3.61. The van der Waals surface area contributed by atoms with Crippen LogP contribution in [0, 0.1) is 0 Å². The number of ether oxygens (including phenoxy) is 2. The van der Waals surface area contributed by atoms with Gasteiger partial charge in [-0.25, -0.2) is 9.97 Å². The maximum atomic E-state index is 12.0. The van der Waals surface area contributed by atoms with Gasteiger partial charge in [-0.2, -0.15) is 0 Å². The van der Waals surface area contributed by atoms with Gasteiger partial charge in [-0.05, 0) is 29.8 Å². The summed E-state index contributed by atoms with van der Waals surface area (Å²) in [5.74, 6) is 0.732. The Hall–Kier alpha value is -2.57. The largest absolute Gasteiger partial charge is 0.497 e. The summed E-state index contributed by atoms with van der Waals surface area (Å²) in [4.78, 5) is 20.2. The topological polar surface area (TPSA) is 73.3 Å². The summed E-state index contributed by atoms with van der Waals surface area (Å²) in [5.41, 5.74) is 1.46. The zero-order chi connectivity index (χ0) is 18.5. The van der Waals surface area contributed by atoms with Crippen LogP contribution in [0.3, 0.4) is 0 Å². The SMILES string of the molecule is COc1ccc(CNC(=O)COc2ncnc3c(Cl)cc(Cl)cc23)cc1. The monoisotopic (exact) mass is 391 g/mol. The van der Waals surface area contributed by atoms with Gasteiger partial charge < -0.3 is 14.8 Å². The molecule has 0 saturated carbocycles. The van der Waals surface area contributed by atoms with Crippen molar-refractivity contribution in [2.75, 3.05) is 13.7 Å². The van der Waals surface area contributed by atoms with E-state index >= 15 is 0 Å². The van der Waals surface area contributed by atoms with Crippen LogP contribution in [0.1, 0.15) is 5.56 Å². The molecule has 1 heterocycles. The summed E-state index contributed by atoms with van der Waals surface area (Å²) >= 11 is 12.1.